The van der Waals surface area contributed by atoms with Crippen LogP contribution in [0.15, 0.2) is 48.5 Å². The van der Waals surface area contributed by atoms with Crippen LogP contribution in [-0.2, 0) is 19.5 Å². The summed E-state index contributed by atoms with van der Waals surface area (Å²) in [6.07, 6.45) is 0.910. The average Bonchev–Trinajstić information content (AvgIpc) is 2.68. The number of hydrogen-bond acceptors (Lipinski definition) is 5. The first-order valence-corrected chi connectivity index (χ1v) is 9.13. The van der Waals surface area contributed by atoms with Gasteiger partial charge in [0, 0.05) is 37.2 Å². The Hall–Kier alpha value is -2.92. The third-order valence-corrected chi connectivity index (χ3v) is 4.93. The topological polar surface area (TPSA) is 58.5 Å². The number of aromatic hydroxyl groups is 1. The predicted octanol–water partition coefficient (Wildman–Crippen LogP) is 3.72. The van der Waals surface area contributed by atoms with E-state index in [0.29, 0.717) is 0 Å². The van der Waals surface area contributed by atoms with Crippen molar-refractivity contribution in [3.8, 4) is 22.8 Å². The largest absolute Gasteiger partial charge is 0.508 e. The summed E-state index contributed by atoms with van der Waals surface area (Å²) in [5.41, 5.74) is 5.52. The van der Waals surface area contributed by atoms with Gasteiger partial charge in [-0.3, -0.25) is 4.90 Å². The number of nitrogens with zero attached hydrogens (tertiary/aromatic N) is 3. The number of hydrogen-bond donors (Lipinski definition) is 1. The second-order valence-electron chi connectivity index (χ2n) is 6.90. The number of benzene rings is 2. The van der Waals surface area contributed by atoms with Crippen LogP contribution in [0, 0.1) is 6.92 Å². The lowest BCUT2D eigenvalue weighted by Gasteiger charge is -2.29. The summed E-state index contributed by atoms with van der Waals surface area (Å²) in [4.78, 5) is 11.8. The molecule has 1 aliphatic rings. The van der Waals surface area contributed by atoms with Gasteiger partial charge in [-0.25, -0.2) is 9.97 Å². The number of phenolic OH excluding ortho intramolecular Hbond substituents is 1. The normalized spacial score (nSPS) is 14.0. The Labute approximate surface area is 159 Å². The smallest absolute Gasteiger partial charge is 0.126 e. The van der Waals surface area contributed by atoms with E-state index in [4.69, 9.17) is 9.72 Å². The molecule has 138 valence electrons. The minimum Gasteiger partial charge on any atom is -0.508 e. The Morgan fingerprint density at radius 3 is 2.70 bits per heavy atom. The number of aromatic nitrogens is 2. The van der Waals surface area contributed by atoms with Gasteiger partial charge in [0.25, 0.3) is 0 Å². The van der Waals surface area contributed by atoms with Crippen molar-refractivity contribution in [3.05, 3.63) is 71.2 Å². The summed E-state index contributed by atoms with van der Waals surface area (Å²) < 4.78 is 5.34. The summed E-state index contributed by atoms with van der Waals surface area (Å²) in [5.74, 6) is 1.93. The number of rotatable bonds is 4. The molecule has 0 saturated heterocycles. The molecule has 5 heteroatoms. The molecule has 2 aromatic carbocycles. The van der Waals surface area contributed by atoms with Crippen molar-refractivity contribution in [2.45, 2.75) is 26.4 Å². The minimum atomic E-state index is 0.262. The first-order valence-electron chi connectivity index (χ1n) is 9.13. The van der Waals surface area contributed by atoms with Crippen molar-refractivity contribution in [2.24, 2.45) is 0 Å². The lowest BCUT2D eigenvalue weighted by Crippen LogP contribution is -2.31. The monoisotopic (exact) mass is 361 g/mol. The van der Waals surface area contributed by atoms with Gasteiger partial charge in [-0.2, -0.15) is 0 Å². The fourth-order valence-corrected chi connectivity index (χ4v) is 3.62. The van der Waals surface area contributed by atoms with Crippen molar-refractivity contribution in [3.63, 3.8) is 0 Å². The van der Waals surface area contributed by atoms with Crippen molar-refractivity contribution < 1.29 is 9.84 Å². The SMILES string of the molecule is COc1cccc(CN2CCc3nc(C)nc(-c4ccc(O)cc4)c3C2)c1. The Morgan fingerprint density at radius 1 is 1.11 bits per heavy atom. The van der Waals surface area contributed by atoms with Crippen LogP contribution >= 0.6 is 0 Å². The van der Waals surface area contributed by atoms with Crippen LogP contribution in [-0.4, -0.2) is 33.6 Å². The number of ether oxygens (including phenoxy) is 1. The number of aryl methyl sites for hydroxylation is 1. The van der Waals surface area contributed by atoms with E-state index in [0.717, 1.165) is 54.6 Å². The minimum absolute atomic E-state index is 0.262. The van der Waals surface area contributed by atoms with Crippen LogP contribution < -0.4 is 4.74 Å². The first kappa shape index (κ1) is 17.5. The van der Waals surface area contributed by atoms with Crippen molar-refractivity contribution >= 4 is 0 Å². The molecule has 0 spiro atoms. The predicted molar refractivity (Wildman–Crippen MR) is 105 cm³/mol. The number of methoxy groups -OCH3 is 1. The van der Waals surface area contributed by atoms with Gasteiger partial charge in [-0.05, 0) is 48.9 Å². The van der Waals surface area contributed by atoms with E-state index < -0.39 is 0 Å². The molecule has 3 aromatic rings. The molecule has 1 aromatic heterocycles. The molecule has 0 unspecified atom stereocenters. The molecule has 0 atom stereocenters. The fraction of sp³-hybridized carbons (Fsp3) is 0.273. The van der Waals surface area contributed by atoms with Gasteiger partial charge in [0.2, 0.25) is 0 Å². The van der Waals surface area contributed by atoms with E-state index in [9.17, 15) is 5.11 Å². The van der Waals surface area contributed by atoms with Crippen molar-refractivity contribution in [2.75, 3.05) is 13.7 Å². The van der Waals surface area contributed by atoms with Gasteiger partial charge in [0.1, 0.15) is 17.3 Å². The van der Waals surface area contributed by atoms with Crippen LogP contribution in [0.3, 0.4) is 0 Å². The molecule has 5 nitrogen and oxygen atoms in total. The van der Waals surface area contributed by atoms with Gasteiger partial charge < -0.3 is 9.84 Å². The van der Waals surface area contributed by atoms with Gasteiger partial charge in [-0.15, -0.1) is 0 Å². The number of phenols is 1. The van der Waals surface area contributed by atoms with Gasteiger partial charge in [0.15, 0.2) is 0 Å². The van der Waals surface area contributed by atoms with E-state index in [1.807, 2.05) is 31.2 Å². The highest BCUT2D eigenvalue weighted by molar-refractivity contribution is 5.65. The molecular formula is C22H23N3O2. The first-order chi connectivity index (χ1) is 13.1. The second kappa shape index (κ2) is 7.37. The van der Waals surface area contributed by atoms with Crippen molar-refractivity contribution in [1.29, 1.82) is 0 Å². The quantitative estimate of drug-likeness (QED) is 0.767. The molecule has 27 heavy (non-hydrogen) atoms. The maximum atomic E-state index is 9.59. The van der Waals surface area contributed by atoms with Crippen LogP contribution in [0.4, 0.5) is 0 Å². The van der Waals surface area contributed by atoms with Crippen LogP contribution in [0.25, 0.3) is 11.3 Å². The fourth-order valence-electron chi connectivity index (χ4n) is 3.62. The summed E-state index contributed by atoms with van der Waals surface area (Å²) in [7, 11) is 1.69. The Morgan fingerprint density at radius 2 is 1.93 bits per heavy atom. The molecule has 0 saturated carbocycles. The molecule has 0 aliphatic carbocycles. The lowest BCUT2D eigenvalue weighted by atomic mass is 9.98. The molecule has 0 bridgehead atoms. The summed E-state index contributed by atoms with van der Waals surface area (Å²) >= 11 is 0. The number of fused-ring (bicyclic) bond motifs is 1. The van der Waals surface area contributed by atoms with Gasteiger partial charge >= 0.3 is 0 Å². The highest BCUT2D eigenvalue weighted by Crippen LogP contribution is 2.30. The molecule has 0 fully saturated rings. The van der Waals surface area contributed by atoms with E-state index in [-0.39, 0.29) is 5.75 Å². The second-order valence-corrected chi connectivity index (χ2v) is 6.90. The molecule has 2 heterocycles. The molecular weight excluding hydrogens is 338 g/mol. The highest BCUT2D eigenvalue weighted by atomic mass is 16.5. The molecule has 1 aliphatic heterocycles. The van der Waals surface area contributed by atoms with E-state index in [1.165, 1.54) is 11.1 Å². The maximum Gasteiger partial charge on any atom is 0.126 e. The molecule has 0 radical (unpaired) electrons. The molecule has 4 rings (SSSR count). The molecule has 1 N–H and O–H groups in total. The van der Waals surface area contributed by atoms with Crippen LogP contribution in [0.5, 0.6) is 11.5 Å². The van der Waals surface area contributed by atoms with Crippen LogP contribution in [0.2, 0.25) is 0 Å². The zero-order chi connectivity index (χ0) is 18.8. The van der Waals surface area contributed by atoms with Crippen molar-refractivity contribution in [1.82, 2.24) is 14.9 Å². The Bertz CT molecular complexity index is 954. The van der Waals surface area contributed by atoms with Gasteiger partial charge in [0.05, 0.1) is 18.5 Å². The summed E-state index contributed by atoms with van der Waals surface area (Å²) in [6, 6.07) is 15.4. The third kappa shape index (κ3) is 3.78. The third-order valence-electron chi connectivity index (χ3n) is 4.93. The average molecular weight is 361 g/mol. The summed E-state index contributed by atoms with van der Waals surface area (Å²) in [5, 5.41) is 9.59. The molecule has 0 amide bonds. The van der Waals surface area contributed by atoms with E-state index in [1.54, 1.807) is 19.2 Å². The zero-order valence-electron chi connectivity index (χ0n) is 15.6. The van der Waals surface area contributed by atoms with Gasteiger partial charge in [-0.1, -0.05) is 12.1 Å². The Balaban J connectivity index is 1.64. The lowest BCUT2D eigenvalue weighted by molar-refractivity contribution is 0.243. The maximum absolute atomic E-state index is 9.59. The standard InChI is InChI=1S/C22H23N3O2/c1-15-23-21-10-11-25(13-16-4-3-5-19(12-16)27-2)14-20(21)22(24-15)17-6-8-18(26)9-7-17/h3-9,12,26H,10-11,13-14H2,1-2H3. The van der Waals surface area contributed by atoms with Crippen LogP contribution in [0.1, 0.15) is 22.6 Å². The zero-order valence-corrected chi connectivity index (χ0v) is 15.6. The highest BCUT2D eigenvalue weighted by Gasteiger charge is 2.22. The van der Waals surface area contributed by atoms with E-state index >= 15 is 0 Å². The van der Waals surface area contributed by atoms with E-state index in [2.05, 4.69) is 22.0 Å². The summed E-state index contributed by atoms with van der Waals surface area (Å²) in [6.45, 7) is 4.57. The Kier molecular flexibility index (Phi) is 4.77.